The summed E-state index contributed by atoms with van der Waals surface area (Å²) in [7, 11) is 0. The fourth-order valence-corrected chi connectivity index (χ4v) is 2.99. The molecule has 25 heavy (non-hydrogen) atoms. The van der Waals surface area contributed by atoms with Gasteiger partial charge in [-0.3, -0.25) is 4.79 Å². The number of aromatic nitrogens is 3. The average molecular weight is 358 g/mol. The molecule has 1 heterocycles. The van der Waals surface area contributed by atoms with Gasteiger partial charge in [-0.05, 0) is 37.8 Å². The van der Waals surface area contributed by atoms with E-state index in [1.54, 1.807) is 18.2 Å². The number of carbonyl (C=O) groups excluding carboxylic acids is 1. The fraction of sp³-hybridized carbons (Fsp3) is 0.353. The first-order valence-corrected chi connectivity index (χ1v) is 8.34. The number of nitrogens with one attached hydrogen (secondary N) is 1. The first-order valence-electron chi connectivity index (χ1n) is 7.96. The Labute approximate surface area is 150 Å². The standard InChI is InChI=1S/C17H16ClN5O2/c18-15-9-14(4-1-11(15)10-19)25-13-5-2-12(3-6-13)22-17(24)16-20-7-8-21-23-16/h1,4,7-9,12-13H,2-3,5-6H2,(H,22,24). The highest BCUT2D eigenvalue weighted by molar-refractivity contribution is 6.31. The van der Waals surface area contributed by atoms with E-state index < -0.39 is 0 Å². The van der Waals surface area contributed by atoms with Crippen molar-refractivity contribution in [2.24, 2.45) is 0 Å². The molecule has 1 saturated carbocycles. The van der Waals surface area contributed by atoms with Gasteiger partial charge in [0.15, 0.2) is 0 Å². The van der Waals surface area contributed by atoms with E-state index in [9.17, 15) is 4.79 Å². The Morgan fingerprint density at radius 1 is 1.28 bits per heavy atom. The maximum Gasteiger partial charge on any atom is 0.291 e. The molecule has 0 aliphatic heterocycles. The first kappa shape index (κ1) is 17.1. The Bertz CT molecular complexity index is 785. The second kappa shape index (κ2) is 7.90. The van der Waals surface area contributed by atoms with Crippen LogP contribution in [-0.4, -0.2) is 33.2 Å². The summed E-state index contributed by atoms with van der Waals surface area (Å²) >= 11 is 6.02. The molecular weight excluding hydrogens is 342 g/mol. The number of nitriles is 1. The lowest BCUT2D eigenvalue weighted by atomic mass is 9.93. The van der Waals surface area contributed by atoms with E-state index in [0.29, 0.717) is 16.3 Å². The van der Waals surface area contributed by atoms with Crippen LogP contribution < -0.4 is 10.1 Å². The molecule has 128 valence electrons. The summed E-state index contributed by atoms with van der Waals surface area (Å²) in [5.74, 6) is 0.421. The Hall–Kier alpha value is -2.72. The second-order valence-corrected chi connectivity index (χ2v) is 6.19. The number of halogens is 1. The molecule has 1 fully saturated rings. The third-order valence-electron chi connectivity index (χ3n) is 4.06. The summed E-state index contributed by atoms with van der Waals surface area (Å²) in [5.41, 5.74) is 0.429. The molecule has 2 aromatic rings. The largest absolute Gasteiger partial charge is 0.490 e. The zero-order valence-electron chi connectivity index (χ0n) is 13.4. The van der Waals surface area contributed by atoms with Crippen molar-refractivity contribution in [1.82, 2.24) is 20.5 Å². The van der Waals surface area contributed by atoms with Gasteiger partial charge in [-0.15, -0.1) is 5.10 Å². The smallest absolute Gasteiger partial charge is 0.291 e. The number of ether oxygens (including phenoxy) is 1. The monoisotopic (exact) mass is 357 g/mol. The molecule has 1 aliphatic rings. The van der Waals surface area contributed by atoms with E-state index in [1.807, 2.05) is 6.07 Å². The van der Waals surface area contributed by atoms with Gasteiger partial charge in [0.1, 0.15) is 11.8 Å². The second-order valence-electron chi connectivity index (χ2n) is 5.78. The number of carbonyl (C=O) groups is 1. The zero-order chi connectivity index (χ0) is 17.6. The number of amides is 1. The number of nitrogens with zero attached hydrogens (tertiary/aromatic N) is 4. The summed E-state index contributed by atoms with van der Waals surface area (Å²) in [6.45, 7) is 0. The highest BCUT2D eigenvalue weighted by Crippen LogP contribution is 2.27. The van der Waals surface area contributed by atoms with Crippen molar-refractivity contribution in [3.8, 4) is 11.8 Å². The first-order chi connectivity index (χ1) is 12.2. The van der Waals surface area contributed by atoms with E-state index in [4.69, 9.17) is 21.6 Å². The molecule has 0 saturated heterocycles. The lowest BCUT2D eigenvalue weighted by Gasteiger charge is -2.29. The van der Waals surface area contributed by atoms with Gasteiger partial charge in [0, 0.05) is 18.3 Å². The molecule has 7 nitrogen and oxygen atoms in total. The van der Waals surface area contributed by atoms with Crippen LogP contribution in [-0.2, 0) is 0 Å². The van der Waals surface area contributed by atoms with Crippen molar-refractivity contribution in [3.63, 3.8) is 0 Å². The molecule has 1 N–H and O–H groups in total. The molecule has 0 bridgehead atoms. The van der Waals surface area contributed by atoms with Crippen LogP contribution in [0, 0.1) is 11.3 Å². The van der Waals surface area contributed by atoms with Gasteiger partial charge < -0.3 is 10.1 Å². The summed E-state index contributed by atoms with van der Waals surface area (Å²) in [6.07, 6.45) is 6.17. The van der Waals surface area contributed by atoms with Crippen molar-refractivity contribution < 1.29 is 9.53 Å². The van der Waals surface area contributed by atoms with E-state index in [-0.39, 0.29) is 23.9 Å². The molecule has 0 unspecified atom stereocenters. The van der Waals surface area contributed by atoms with Gasteiger partial charge in [0.2, 0.25) is 5.82 Å². The minimum Gasteiger partial charge on any atom is -0.490 e. The molecule has 8 heteroatoms. The van der Waals surface area contributed by atoms with Crippen molar-refractivity contribution in [2.45, 2.75) is 37.8 Å². The lowest BCUT2D eigenvalue weighted by molar-refractivity contribution is 0.0882. The summed E-state index contributed by atoms with van der Waals surface area (Å²) < 4.78 is 5.93. The minimum absolute atomic E-state index is 0.0618. The van der Waals surface area contributed by atoms with E-state index in [2.05, 4.69) is 20.5 Å². The Morgan fingerprint density at radius 3 is 2.72 bits per heavy atom. The highest BCUT2D eigenvalue weighted by atomic mass is 35.5. The van der Waals surface area contributed by atoms with Gasteiger partial charge >= 0.3 is 0 Å². The minimum atomic E-state index is -0.309. The highest BCUT2D eigenvalue weighted by Gasteiger charge is 2.24. The topological polar surface area (TPSA) is 101 Å². The number of rotatable bonds is 4. The molecule has 1 aromatic heterocycles. The SMILES string of the molecule is N#Cc1ccc(OC2CCC(NC(=O)c3nccnn3)CC2)cc1Cl. The average Bonchev–Trinajstić information content (AvgIpc) is 2.64. The molecule has 0 spiro atoms. The van der Waals surface area contributed by atoms with Crippen molar-refractivity contribution in [2.75, 3.05) is 0 Å². The molecule has 1 amide bonds. The fourth-order valence-electron chi connectivity index (χ4n) is 2.78. The van der Waals surface area contributed by atoms with Gasteiger partial charge in [0.25, 0.3) is 5.91 Å². The van der Waals surface area contributed by atoms with E-state index in [1.165, 1.54) is 12.4 Å². The quantitative estimate of drug-likeness (QED) is 0.902. The van der Waals surface area contributed by atoms with Crippen LogP contribution in [0.1, 0.15) is 41.9 Å². The number of benzene rings is 1. The zero-order valence-corrected chi connectivity index (χ0v) is 14.1. The van der Waals surface area contributed by atoms with Crippen LogP contribution in [0.4, 0.5) is 0 Å². The predicted octanol–water partition coefficient (Wildman–Crippen LogP) is 2.52. The number of hydrogen-bond acceptors (Lipinski definition) is 6. The predicted molar refractivity (Wildman–Crippen MR) is 90.1 cm³/mol. The summed E-state index contributed by atoms with van der Waals surface area (Å²) in [5, 5.41) is 19.6. The maximum atomic E-state index is 12.0. The van der Waals surface area contributed by atoms with Crippen LogP contribution in [0.3, 0.4) is 0 Å². The molecule has 1 aromatic carbocycles. The molecule has 0 atom stereocenters. The van der Waals surface area contributed by atoms with E-state index in [0.717, 1.165) is 25.7 Å². The van der Waals surface area contributed by atoms with Crippen molar-refractivity contribution in [3.05, 3.63) is 47.0 Å². The molecular formula is C17H16ClN5O2. The van der Waals surface area contributed by atoms with Crippen LogP contribution in [0.25, 0.3) is 0 Å². The van der Waals surface area contributed by atoms with E-state index >= 15 is 0 Å². The summed E-state index contributed by atoms with van der Waals surface area (Å²) in [6, 6.07) is 7.15. The van der Waals surface area contributed by atoms with Crippen LogP contribution in [0.15, 0.2) is 30.6 Å². The van der Waals surface area contributed by atoms with Gasteiger partial charge in [0.05, 0.1) is 22.9 Å². The van der Waals surface area contributed by atoms with Gasteiger partial charge in [-0.1, -0.05) is 11.6 Å². The third-order valence-corrected chi connectivity index (χ3v) is 4.37. The molecule has 1 aliphatic carbocycles. The van der Waals surface area contributed by atoms with Crippen LogP contribution in [0.2, 0.25) is 5.02 Å². The van der Waals surface area contributed by atoms with Crippen molar-refractivity contribution in [1.29, 1.82) is 5.26 Å². The Morgan fingerprint density at radius 2 is 2.08 bits per heavy atom. The van der Waals surface area contributed by atoms with Gasteiger partial charge in [-0.25, -0.2) is 4.98 Å². The Balaban J connectivity index is 1.50. The molecule has 3 rings (SSSR count). The lowest BCUT2D eigenvalue weighted by Crippen LogP contribution is -2.40. The normalized spacial score (nSPS) is 19.7. The number of hydrogen-bond donors (Lipinski definition) is 1. The maximum absolute atomic E-state index is 12.0. The molecule has 0 radical (unpaired) electrons. The van der Waals surface area contributed by atoms with Crippen molar-refractivity contribution >= 4 is 17.5 Å². The van der Waals surface area contributed by atoms with Crippen LogP contribution in [0.5, 0.6) is 5.75 Å². The van der Waals surface area contributed by atoms with Crippen LogP contribution >= 0.6 is 11.6 Å². The summed E-state index contributed by atoms with van der Waals surface area (Å²) in [4.78, 5) is 15.9. The van der Waals surface area contributed by atoms with Gasteiger partial charge in [-0.2, -0.15) is 10.4 Å². The third kappa shape index (κ3) is 4.43. The Kier molecular flexibility index (Phi) is 5.41.